The van der Waals surface area contributed by atoms with Crippen LogP contribution in [0.5, 0.6) is 11.5 Å². The van der Waals surface area contributed by atoms with E-state index < -0.39 is 0 Å². The maximum Gasteiger partial charge on any atom is 0.192 e. The SMILES string of the molecule is COc1cc(OC)cc(N2CCC(NC(=NCc3nnc(C)n3C)NC3CCCC3)C2)c1. The van der Waals surface area contributed by atoms with Crippen LogP contribution in [-0.2, 0) is 13.6 Å². The fourth-order valence-electron chi connectivity index (χ4n) is 4.42. The van der Waals surface area contributed by atoms with Gasteiger partial charge in [-0.25, -0.2) is 4.99 Å². The average Bonchev–Trinajstić information content (AvgIpc) is 3.56. The van der Waals surface area contributed by atoms with Gasteiger partial charge in [-0.05, 0) is 26.2 Å². The summed E-state index contributed by atoms with van der Waals surface area (Å²) in [5.74, 6) is 4.24. The molecule has 1 aliphatic heterocycles. The van der Waals surface area contributed by atoms with E-state index in [0.29, 0.717) is 18.6 Å². The number of hydrogen-bond acceptors (Lipinski definition) is 6. The molecular weight excluding hydrogens is 406 g/mol. The molecule has 0 radical (unpaired) electrons. The van der Waals surface area contributed by atoms with Gasteiger partial charge in [0.25, 0.3) is 0 Å². The quantitative estimate of drug-likeness (QED) is 0.504. The summed E-state index contributed by atoms with van der Waals surface area (Å²) in [5, 5.41) is 15.7. The molecule has 1 atom stereocenters. The number of benzene rings is 1. The summed E-state index contributed by atoms with van der Waals surface area (Å²) in [6.07, 6.45) is 5.99. The van der Waals surface area contributed by atoms with E-state index in [4.69, 9.17) is 14.5 Å². The van der Waals surface area contributed by atoms with Crippen LogP contribution in [0.4, 0.5) is 5.69 Å². The summed E-state index contributed by atoms with van der Waals surface area (Å²) < 4.78 is 12.9. The second-order valence-electron chi connectivity index (χ2n) is 8.66. The third-order valence-electron chi connectivity index (χ3n) is 6.49. The number of anilines is 1. The lowest BCUT2D eigenvalue weighted by Crippen LogP contribution is -2.47. The van der Waals surface area contributed by atoms with Crippen molar-refractivity contribution in [1.29, 1.82) is 0 Å². The molecule has 1 saturated carbocycles. The van der Waals surface area contributed by atoms with Crippen LogP contribution >= 0.6 is 0 Å². The van der Waals surface area contributed by atoms with Gasteiger partial charge in [0.1, 0.15) is 23.9 Å². The molecule has 174 valence electrons. The molecule has 1 aliphatic carbocycles. The largest absolute Gasteiger partial charge is 0.497 e. The summed E-state index contributed by atoms with van der Waals surface area (Å²) in [7, 11) is 5.35. The summed E-state index contributed by atoms with van der Waals surface area (Å²) in [5.41, 5.74) is 1.11. The Hall–Kier alpha value is -2.97. The van der Waals surface area contributed by atoms with E-state index in [-0.39, 0.29) is 0 Å². The minimum atomic E-state index is 0.307. The van der Waals surface area contributed by atoms with Crippen molar-refractivity contribution in [2.45, 2.75) is 57.7 Å². The van der Waals surface area contributed by atoms with E-state index in [2.05, 4.69) is 37.9 Å². The monoisotopic (exact) mass is 441 g/mol. The van der Waals surface area contributed by atoms with Gasteiger partial charge >= 0.3 is 0 Å². The van der Waals surface area contributed by atoms with Crippen LogP contribution in [0.3, 0.4) is 0 Å². The molecule has 32 heavy (non-hydrogen) atoms. The van der Waals surface area contributed by atoms with Crippen LogP contribution in [0.2, 0.25) is 0 Å². The number of ether oxygens (including phenoxy) is 2. The molecule has 1 unspecified atom stereocenters. The third-order valence-corrected chi connectivity index (χ3v) is 6.49. The van der Waals surface area contributed by atoms with Crippen molar-refractivity contribution in [2.24, 2.45) is 12.0 Å². The number of methoxy groups -OCH3 is 2. The number of aryl methyl sites for hydroxylation is 1. The van der Waals surface area contributed by atoms with Gasteiger partial charge in [-0.15, -0.1) is 10.2 Å². The van der Waals surface area contributed by atoms with E-state index >= 15 is 0 Å². The third kappa shape index (κ3) is 5.26. The van der Waals surface area contributed by atoms with Gasteiger partial charge < -0.3 is 29.6 Å². The van der Waals surface area contributed by atoms with Crippen LogP contribution in [-0.4, -0.2) is 60.1 Å². The molecule has 1 aromatic carbocycles. The molecule has 9 heteroatoms. The smallest absolute Gasteiger partial charge is 0.192 e. The fraction of sp³-hybridized carbons (Fsp3) is 0.609. The van der Waals surface area contributed by atoms with Crippen LogP contribution in [0.1, 0.15) is 43.8 Å². The molecule has 2 N–H and O–H groups in total. The van der Waals surface area contributed by atoms with Gasteiger partial charge in [0, 0.05) is 56.1 Å². The van der Waals surface area contributed by atoms with Gasteiger partial charge in [0.15, 0.2) is 11.8 Å². The van der Waals surface area contributed by atoms with E-state index in [9.17, 15) is 0 Å². The first-order valence-corrected chi connectivity index (χ1v) is 11.5. The zero-order chi connectivity index (χ0) is 22.5. The summed E-state index contributed by atoms with van der Waals surface area (Å²) in [6.45, 7) is 4.32. The van der Waals surface area contributed by atoms with Crippen molar-refractivity contribution in [3.8, 4) is 11.5 Å². The number of hydrogen-bond donors (Lipinski definition) is 2. The van der Waals surface area contributed by atoms with Crippen LogP contribution in [0.15, 0.2) is 23.2 Å². The van der Waals surface area contributed by atoms with Crippen molar-refractivity contribution in [3.63, 3.8) is 0 Å². The highest BCUT2D eigenvalue weighted by Gasteiger charge is 2.25. The molecule has 2 heterocycles. The van der Waals surface area contributed by atoms with Crippen LogP contribution in [0.25, 0.3) is 0 Å². The molecule has 0 spiro atoms. The Morgan fingerprint density at radius 3 is 2.34 bits per heavy atom. The lowest BCUT2D eigenvalue weighted by atomic mass is 10.2. The Kier molecular flexibility index (Phi) is 7.02. The highest BCUT2D eigenvalue weighted by Crippen LogP contribution is 2.30. The van der Waals surface area contributed by atoms with Crippen molar-refractivity contribution in [2.75, 3.05) is 32.2 Å². The highest BCUT2D eigenvalue weighted by atomic mass is 16.5. The topological polar surface area (TPSA) is 88.8 Å². The second-order valence-corrected chi connectivity index (χ2v) is 8.66. The molecule has 0 bridgehead atoms. The first-order chi connectivity index (χ1) is 15.6. The van der Waals surface area contributed by atoms with Crippen molar-refractivity contribution >= 4 is 11.6 Å². The van der Waals surface area contributed by atoms with Gasteiger partial charge in [-0.1, -0.05) is 12.8 Å². The van der Waals surface area contributed by atoms with E-state index in [0.717, 1.165) is 54.3 Å². The van der Waals surface area contributed by atoms with Crippen molar-refractivity contribution in [1.82, 2.24) is 25.4 Å². The van der Waals surface area contributed by atoms with Gasteiger partial charge in [0.2, 0.25) is 0 Å². The highest BCUT2D eigenvalue weighted by molar-refractivity contribution is 5.80. The normalized spacial score (nSPS) is 19.4. The molecule has 0 amide bonds. The average molecular weight is 442 g/mol. The first-order valence-electron chi connectivity index (χ1n) is 11.5. The number of aromatic nitrogens is 3. The van der Waals surface area contributed by atoms with Crippen molar-refractivity contribution < 1.29 is 9.47 Å². The lowest BCUT2D eigenvalue weighted by molar-refractivity contribution is 0.394. The van der Waals surface area contributed by atoms with Crippen LogP contribution in [0, 0.1) is 6.92 Å². The lowest BCUT2D eigenvalue weighted by Gasteiger charge is -2.23. The van der Waals surface area contributed by atoms with E-state index in [1.807, 2.05) is 24.6 Å². The minimum Gasteiger partial charge on any atom is -0.497 e. The minimum absolute atomic E-state index is 0.307. The predicted octanol–water partition coefficient (Wildman–Crippen LogP) is 2.40. The Morgan fingerprint density at radius 2 is 1.72 bits per heavy atom. The number of nitrogens with zero attached hydrogens (tertiary/aromatic N) is 5. The number of rotatable bonds is 7. The Bertz CT molecular complexity index is 914. The maximum atomic E-state index is 5.44. The molecule has 2 aliphatic rings. The van der Waals surface area contributed by atoms with Gasteiger partial charge in [-0.3, -0.25) is 0 Å². The summed E-state index contributed by atoms with van der Waals surface area (Å²) >= 11 is 0. The predicted molar refractivity (Wildman–Crippen MR) is 126 cm³/mol. The Balaban J connectivity index is 1.44. The number of aliphatic imine (C=N–C) groups is 1. The van der Waals surface area contributed by atoms with Crippen molar-refractivity contribution in [3.05, 3.63) is 29.8 Å². The van der Waals surface area contributed by atoms with E-state index in [1.54, 1.807) is 14.2 Å². The molecule has 1 saturated heterocycles. The first kappa shape index (κ1) is 22.2. The zero-order valence-electron chi connectivity index (χ0n) is 19.6. The standard InChI is InChI=1S/C23H35N7O2/c1-16-27-28-22(29(16)2)14-24-23(25-17-7-5-6-8-17)26-18-9-10-30(15-18)19-11-20(31-3)13-21(12-19)32-4/h11-13,17-18H,5-10,14-15H2,1-4H3,(H2,24,25,26). The van der Waals surface area contributed by atoms with E-state index in [1.165, 1.54) is 25.7 Å². The molecule has 4 rings (SSSR count). The van der Waals surface area contributed by atoms with Crippen LogP contribution < -0.4 is 25.0 Å². The Morgan fingerprint density at radius 1 is 1.03 bits per heavy atom. The molecule has 9 nitrogen and oxygen atoms in total. The van der Waals surface area contributed by atoms with Gasteiger partial charge in [-0.2, -0.15) is 0 Å². The number of nitrogens with one attached hydrogen (secondary N) is 2. The zero-order valence-corrected chi connectivity index (χ0v) is 19.6. The summed E-state index contributed by atoms with van der Waals surface area (Å²) in [6, 6.07) is 6.82. The second kappa shape index (κ2) is 10.1. The maximum absolute atomic E-state index is 5.44. The number of guanidine groups is 1. The fourth-order valence-corrected chi connectivity index (χ4v) is 4.42. The molecule has 2 fully saturated rings. The molecule has 1 aromatic heterocycles. The van der Waals surface area contributed by atoms with Gasteiger partial charge in [0.05, 0.1) is 14.2 Å². The molecular formula is C23H35N7O2. The Labute approximate surface area is 190 Å². The summed E-state index contributed by atoms with van der Waals surface area (Å²) in [4.78, 5) is 7.22. The molecule has 2 aromatic rings.